The maximum absolute atomic E-state index is 11.8. The molecule has 1 aliphatic rings. The fourth-order valence-electron chi connectivity index (χ4n) is 3.34. The van der Waals surface area contributed by atoms with Crippen LogP contribution in [-0.4, -0.2) is 61.4 Å². The zero-order chi connectivity index (χ0) is 28.7. The van der Waals surface area contributed by atoms with E-state index in [1.54, 1.807) is 37.4 Å². The van der Waals surface area contributed by atoms with Gasteiger partial charge in [0.05, 0.1) is 26.4 Å². The highest BCUT2D eigenvalue weighted by Crippen LogP contribution is 2.31. The van der Waals surface area contributed by atoms with Gasteiger partial charge in [0, 0.05) is 34.2 Å². The van der Waals surface area contributed by atoms with Crippen molar-refractivity contribution in [3.63, 3.8) is 0 Å². The molecule has 8 nitrogen and oxygen atoms in total. The summed E-state index contributed by atoms with van der Waals surface area (Å²) in [6.45, 7) is 12.7. The standard InChI is InChI=1S/C30H36O8S2/c1-21(2)29(31)37-19-23-5-7-25-27(17-23)35-11-15-40-16-12-36-28-18-24(20-38-30(32)22(3)4)6-8-26(28)34-10-14-39-13-9-33-25/h5-8,17-18H,1,3,9-16,19-20H2,2,4H3. The summed E-state index contributed by atoms with van der Waals surface area (Å²) in [5.41, 5.74) is 2.32. The summed E-state index contributed by atoms with van der Waals surface area (Å²) < 4.78 is 34.6. The molecule has 2 aromatic rings. The SMILES string of the molecule is C=C(C)C(=O)OCc1ccc2c(c1)OCCSCCOc1cc(COC(=O)C(=C)C)ccc1OCCSCCO2. The Kier molecular flexibility index (Phi) is 13.1. The third-order valence-electron chi connectivity index (χ3n) is 5.39. The van der Waals surface area contributed by atoms with E-state index >= 15 is 0 Å². The van der Waals surface area contributed by atoms with E-state index in [2.05, 4.69) is 13.2 Å². The van der Waals surface area contributed by atoms with Gasteiger partial charge in [0.2, 0.25) is 0 Å². The predicted octanol–water partition coefficient (Wildman–Crippen LogP) is 5.62. The van der Waals surface area contributed by atoms with E-state index in [9.17, 15) is 9.59 Å². The molecule has 0 unspecified atom stereocenters. The van der Waals surface area contributed by atoms with Crippen LogP contribution in [0.1, 0.15) is 25.0 Å². The van der Waals surface area contributed by atoms with Crippen molar-refractivity contribution < 1.29 is 38.0 Å². The first-order valence-electron chi connectivity index (χ1n) is 12.9. The first-order valence-corrected chi connectivity index (χ1v) is 15.2. The first kappa shape index (κ1) is 31.3. The Labute approximate surface area is 244 Å². The van der Waals surface area contributed by atoms with Crippen LogP contribution >= 0.6 is 23.5 Å². The molecule has 0 spiro atoms. The van der Waals surface area contributed by atoms with E-state index in [0.29, 0.717) is 60.6 Å². The lowest BCUT2D eigenvalue weighted by Crippen LogP contribution is -2.10. The van der Waals surface area contributed by atoms with Gasteiger partial charge in [0.25, 0.3) is 0 Å². The molecule has 2 aromatic carbocycles. The van der Waals surface area contributed by atoms with Crippen LogP contribution in [0.5, 0.6) is 23.0 Å². The third-order valence-corrected chi connectivity index (χ3v) is 7.22. The lowest BCUT2D eigenvalue weighted by molar-refractivity contribution is -0.141. The fraction of sp³-hybridized carbons (Fsp3) is 0.400. The molecule has 0 radical (unpaired) electrons. The summed E-state index contributed by atoms with van der Waals surface area (Å²) in [6, 6.07) is 11.1. The number of hydrogen-bond donors (Lipinski definition) is 0. The number of fused-ring (bicyclic) bond motifs is 2. The van der Waals surface area contributed by atoms with E-state index in [4.69, 9.17) is 28.4 Å². The maximum Gasteiger partial charge on any atom is 0.333 e. The van der Waals surface area contributed by atoms with Gasteiger partial charge in [-0.1, -0.05) is 25.3 Å². The third kappa shape index (κ3) is 10.7. The molecular formula is C30H36O8S2. The summed E-state index contributed by atoms with van der Waals surface area (Å²) >= 11 is 3.41. The van der Waals surface area contributed by atoms with Crippen molar-refractivity contribution in [3.05, 3.63) is 71.8 Å². The molecule has 0 bridgehead atoms. The van der Waals surface area contributed by atoms with Crippen LogP contribution in [-0.2, 0) is 32.3 Å². The Morgan fingerprint density at radius 3 is 1.35 bits per heavy atom. The van der Waals surface area contributed by atoms with Gasteiger partial charge in [0.1, 0.15) is 13.2 Å². The molecular weight excluding hydrogens is 552 g/mol. The molecule has 0 aromatic heterocycles. The molecule has 3 rings (SSSR count). The van der Waals surface area contributed by atoms with Gasteiger partial charge in [-0.05, 0) is 49.2 Å². The number of benzene rings is 2. The maximum atomic E-state index is 11.8. The van der Waals surface area contributed by atoms with Gasteiger partial charge in [-0.3, -0.25) is 0 Å². The average Bonchev–Trinajstić information content (AvgIpc) is 2.94. The van der Waals surface area contributed by atoms with Crippen LogP contribution in [0.2, 0.25) is 0 Å². The molecule has 40 heavy (non-hydrogen) atoms. The summed E-state index contributed by atoms with van der Waals surface area (Å²) in [7, 11) is 0. The largest absolute Gasteiger partial charge is 0.489 e. The van der Waals surface area contributed by atoms with E-state index in [-0.39, 0.29) is 13.2 Å². The lowest BCUT2D eigenvalue weighted by Gasteiger charge is -2.16. The van der Waals surface area contributed by atoms with E-state index in [0.717, 1.165) is 34.1 Å². The quantitative estimate of drug-likeness (QED) is 0.313. The second-order valence-corrected chi connectivity index (χ2v) is 11.3. The van der Waals surface area contributed by atoms with E-state index < -0.39 is 11.9 Å². The van der Waals surface area contributed by atoms with Crippen LogP contribution in [0.25, 0.3) is 0 Å². The molecule has 0 N–H and O–H groups in total. The van der Waals surface area contributed by atoms with Crippen molar-refractivity contribution in [1.29, 1.82) is 0 Å². The zero-order valence-electron chi connectivity index (χ0n) is 23.0. The Bertz CT molecular complexity index is 1090. The second kappa shape index (κ2) is 16.8. The summed E-state index contributed by atoms with van der Waals surface area (Å²) in [5.74, 6) is 4.70. The highest BCUT2D eigenvalue weighted by atomic mass is 32.2. The molecule has 0 saturated carbocycles. The van der Waals surface area contributed by atoms with E-state index in [1.165, 1.54) is 0 Å². The second-order valence-electron chi connectivity index (χ2n) is 8.89. The normalized spacial score (nSPS) is 14.7. The topological polar surface area (TPSA) is 89.5 Å². The Balaban J connectivity index is 1.60. The van der Waals surface area contributed by atoms with Crippen molar-refractivity contribution in [3.8, 4) is 23.0 Å². The number of hydrogen-bond acceptors (Lipinski definition) is 10. The number of ether oxygens (including phenoxy) is 6. The Morgan fingerprint density at radius 2 is 1.00 bits per heavy atom. The molecule has 0 atom stereocenters. The van der Waals surface area contributed by atoms with Crippen LogP contribution < -0.4 is 18.9 Å². The van der Waals surface area contributed by atoms with Crippen LogP contribution in [0.3, 0.4) is 0 Å². The number of rotatable bonds is 6. The number of esters is 2. The highest BCUT2D eigenvalue weighted by Gasteiger charge is 2.12. The Morgan fingerprint density at radius 1 is 0.650 bits per heavy atom. The average molecular weight is 589 g/mol. The minimum absolute atomic E-state index is 0.129. The van der Waals surface area contributed by atoms with Gasteiger partial charge in [0.15, 0.2) is 23.0 Å². The minimum atomic E-state index is -0.430. The van der Waals surface area contributed by atoms with Crippen LogP contribution in [0.15, 0.2) is 60.7 Å². The number of carbonyl (C=O) groups is 2. The van der Waals surface area contributed by atoms with Crippen molar-refractivity contribution >= 4 is 35.5 Å². The number of carbonyl (C=O) groups excluding carboxylic acids is 2. The van der Waals surface area contributed by atoms with Crippen molar-refractivity contribution in [1.82, 2.24) is 0 Å². The number of thioether (sulfide) groups is 2. The van der Waals surface area contributed by atoms with Gasteiger partial charge >= 0.3 is 11.9 Å². The molecule has 216 valence electrons. The molecule has 0 fully saturated rings. The van der Waals surface area contributed by atoms with Crippen molar-refractivity contribution in [2.24, 2.45) is 0 Å². The highest BCUT2D eigenvalue weighted by molar-refractivity contribution is 7.99. The van der Waals surface area contributed by atoms with E-state index in [1.807, 2.05) is 36.4 Å². The molecule has 0 amide bonds. The molecule has 1 aliphatic heterocycles. The smallest absolute Gasteiger partial charge is 0.333 e. The fourth-order valence-corrected chi connectivity index (χ4v) is 4.55. The van der Waals surface area contributed by atoms with Gasteiger partial charge in [-0.2, -0.15) is 23.5 Å². The first-order chi connectivity index (χ1) is 19.3. The van der Waals surface area contributed by atoms with Crippen LogP contribution in [0, 0.1) is 0 Å². The summed E-state index contributed by atoms with van der Waals surface area (Å²) in [4.78, 5) is 23.5. The van der Waals surface area contributed by atoms with Gasteiger partial charge in [-0.25, -0.2) is 9.59 Å². The predicted molar refractivity (Wildman–Crippen MR) is 159 cm³/mol. The van der Waals surface area contributed by atoms with Crippen molar-refractivity contribution in [2.45, 2.75) is 27.1 Å². The molecule has 10 heteroatoms. The van der Waals surface area contributed by atoms with Crippen molar-refractivity contribution in [2.75, 3.05) is 49.4 Å². The molecule has 0 saturated heterocycles. The Hall–Kier alpha value is -3.24. The lowest BCUT2D eigenvalue weighted by atomic mass is 10.2. The monoisotopic (exact) mass is 588 g/mol. The minimum Gasteiger partial charge on any atom is -0.489 e. The summed E-state index contributed by atoms with van der Waals surface area (Å²) in [6.07, 6.45) is 0. The molecule has 0 aliphatic carbocycles. The molecule has 1 heterocycles. The van der Waals surface area contributed by atoms with Gasteiger partial charge in [-0.15, -0.1) is 0 Å². The zero-order valence-corrected chi connectivity index (χ0v) is 24.7. The van der Waals surface area contributed by atoms with Crippen LogP contribution in [0.4, 0.5) is 0 Å². The van der Waals surface area contributed by atoms with Gasteiger partial charge < -0.3 is 28.4 Å². The summed E-state index contributed by atoms with van der Waals surface area (Å²) in [5, 5.41) is 0.